The number of hydrogen-bond donors (Lipinski definition) is 1. The molecule has 1 N–H and O–H groups in total. The van der Waals surface area contributed by atoms with Crippen LogP contribution in [0.15, 0.2) is 41.8 Å². The Balaban J connectivity index is 1.51. The highest BCUT2D eigenvalue weighted by Gasteiger charge is 2.37. The second kappa shape index (κ2) is 7.08. The molecule has 5 heteroatoms. The maximum absolute atomic E-state index is 13.0. The van der Waals surface area contributed by atoms with Crippen LogP contribution in [0.5, 0.6) is 11.5 Å². The number of ether oxygens (including phenoxy) is 2. The van der Waals surface area contributed by atoms with E-state index < -0.39 is 6.10 Å². The van der Waals surface area contributed by atoms with E-state index in [0.29, 0.717) is 17.4 Å². The lowest BCUT2D eigenvalue weighted by atomic mass is 9.96. The van der Waals surface area contributed by atoms with Crippen LogP contribution < -0.4 is 14.8 Å². The Labute approximate surface area is 152 Å². The molecule has 1 aromatic carbocycles. The van der Waals surface area contributed by atoms with Gasteiger partial charge in [-0.15, -0.1) is 11.3 Å². The minimum Gasteiger partial charge on any atom is -0.482 e. The molecule has 25 heavy (non-hydrogen) atoms. The predicted octanol–water partition coefficient (Wildman–Crippen LogP) is 4.32. The number of nitrogens with one attached hydrogen (secondary N) is 1. The van der Waals surface area contributed by atoms with E-state index in [2.05, 4.69) is 16.8 Å². The maximum Gasteiger partial charge on any atom is 0.265 e. The Hall–Kier alpha value is -2.01. The van der Waals surface area contributed by atoms with Crippen molar-refractivity contribution in [3.05, 3.63) is 46.7 Å². The molecule has 0 spiro atoms. The maximum atomic E-state index is 13.0. The van der Waals surface area contributed by atoms with Crippen LogP contribution in [0.2, 0.25) is 0 Å². The summed E-state index contributed by atoms with van der Waals surface area (Å²) < 4.78 is 11.8. The van der Waals surface area contributed by atoms with E-state index in [4.69, 9.17) is 9.47 Å². The number of fused-ring (bicyclic) bond motifs is 1. The molecule has 2 aliphatic rings. The molecule has 3 atom stereocenters. The summed E-state index contributed by atoms with van der Waals surface area (Å²) in [5.41, 5.74) is 0. The zero-order valence-electron chi connectivity index (χ0n) is 14.3. The first-order valence-corrected chi connectivity index (χ1v) is 9.86. The highest BCUT2D eigenvalue weighted by molar-refractivity contribution is 7.10. The van der Waals surface area contributed by atoms with Crippen molar-refractivity contribution in [2.24, 2.45) is 5.92 Å². The summed E-state index contributed by atoms with van der Waals surface area (Å²) in [5, 5.41) is 5.33. The van der Waals surface area contributed by atoms with E-state index in [9.17, 15) is 4.79 Å². The summed E-state index contributed by atoms with van der Waals surface area (Å²) in [6, 6.07) is 11.7. The van der Waals surface area contributed by atoms with Gasteiger partial charge in [-0.25, -0.2) is 0 Å². The Kier molecular flexibility index (Phi) is 4.66. The van der Waals surface area contributed by atoms with Gasteiger partial charge in [0.15, 0.2) is 11.5 Å². The molecule has 1 amide bonds. The molecule has 0 saturated heterocycles. The average molecular weight is 357 g/mol. The van der Waals surface area contributed by atoms with Gasteiger partial charge in [0.1, 0.15) is 6.10 Å². The molecule has 1 aliphatic carbocycles. The highest BCUT2D eigenvalue weighted by Crippen LogP contribution is 2.38. The molecule has 0 radical (unpaired) electrons. The summed E-state index contributed by atoms with van der Waals surface area (Å²) >= 11 is 1.71. The first kappa shape index (κ1) is 16.5. The molecular weight excluding hydrogens is 334 g/mol. The van der Waals surface area contributed by atoms with Crippen molar-refractivity contribution in [3.8, 4) is 11.5 Å². The van der Waals surface area contributed by atoms with Crippen LogP contribution in [0.1, 0.15) is 43.5 Å². The molecular formula is C20H23NO3S. The standard InChI is InChI=1S/C20H23NO3S/c1-13-19(24-16-10-5-4-9-15(16)23-13)20(22)21-18(14-7-2-3-8-14)17-11-6-12-25-17/h4-6,9-14,18-19H,2-3,7-8H2,1H3,(H,21,22)/t13-,18+,19+/m0/s1. The van der Waals surface area contributed by atoms with Crippen molar-refractivity contribution >= 4 is 17.2 Å². The molecule has 0 bridgehead atoms. The van der Waals surface area contributed by atoms with Gasteiger partial charge < -0.3 is 14.8 Å². The predicted molar refractivity (Wildman–Crippen MR) is 98.1 cm³/mol. The Morgan fingerprint density at radius 1 is 1.12 bits per heavy atom. The quantitative estimate of drug-likeness (QED) is 0.886. The average Bonchev–Trinajstić information content (AvgIpc) is 3.32. The van der Waals surface area contributed by atoms with Gasteiger partial charge in [-0.3, -0.25) is 4.79 Å². The Bertz CT molecular complexity index is 724. The molecule has 132 valence electrons. The Morgan fingerprint density at radius 3 is 2.52 bits per heavy atom. The van der Waals surface area contributed by atoms with Crippen LogP contribution in [0.3, 0.4) is 0 Å². The van der Waals surface area contributed by atoms with Gasteiger partial charge in [0.25, 0.3) is 5.91 Å². The summed E-state index contributed by atoms with van der Waals surface area (Å²) in [7, 11) is 0. The molecule has 1 aromatic heterocycles. The molecule has 1 aliphatic heterocycles. The molecule has 1 fully saturated rings. The van der Waals surface area contributed by atoms with Crippen LogP contribution >= 0.6 is 11.3 Å². The fourth-order valence-electron chi connectivity index (χ4n) is 3.82. The van der Waals surface area contributed by atoms with Crippen molar-refractivity contribution in [1.82, 2.24) is 5.32 Å². The number of carbonyl (C=O) groups is 1. The van der Waals surface area contributed by atoms with E-state index >= 15 is 0 Å². The second-order valence-corrected chi connectivity index (χ2v) is 7.83. The molecule has 1 saturated carbocycles. The van der Waals surface area contributed by atoms with Gasteiger partial charge in [0, 0.05) is 4.88 Å². The third kappa shape index (κ3) is 3.38. The lowest BCUT2D eigenvalue weighted by Crippen LogP contribution is -2.50. The van der Waals surface area contributed by atoms with Crippen molar-refractivity contribution < 1.29 is 14.3 Å². The first-order chi connectivity index (χ1) is 12.2. The highest BCUT2D eigenvalue weighted by atomic mass is 32.1. The van der Waals surface area contributed by atoms with Gasteiger partial charge >= 0.3 is 0 Å². The summed E-state index contributed by atoms with van der Waals surface area (Å²) in [5.74, 6) is 1.75. The lowest BCUT2D eigenvalue weighted by molar-refractivity contribution is -0.134. The van der Waals surface area contributed by atoms with Crippen molar-refractivity contribution in [1.29, 1.82) is 0 Å². The molecule has 2 heterocycles. The van der Waals surface area contributed by atoms with Gasteiger partial charge in [-0.05, 0) is 49.3 Å². The zero-order chi connectivity index (χ0) is 17.2. The van der Waals surface area contributed by atoms with E-state index in [0.717, 1.165) is 0 Å². The smallest absolute Gasteiger partial charge is 0.265 e. The van der Waals surface area contributed by atoms with Crippen LogP contribution in [-0.2, 0) is 4.79 Å². The zero-order valence-corrected chi connectivity index (χ0v) is 15.1. The van der Waals surface area contributed by atoms with Crippen molar-refractivity contribution in [2.45, 2.75) is 50.9 Å². The second-order valence-electron chi connectivity index (χ2n) is 6.85. The topological polar surface area (TPSA) is 47.6 Å². The van der Waals surface area contributed by atoms with Crippen LogP contribution in [0.25, 0.3) is 0 Å². The number of hydrogen-bond acceptors (Lipinski definition) is 4. The minimum absolute atomic E-state index is 0.0722. The van der Waals surface area contributed by atoms with Gasteiger partial charge in [0.2, 0.25) is 6.10 Å². The third-order valence-corrected chi connectivity index (χ3v) is 6.07. The Morgan fingerprint density at radius 2 is 1.84 bits per heavy atom. The fraction of sp³-hybridized carbons (Fsp3) is 0.450. The van der Waals surface area contributed by atoms with Crippen LogP contribution in [-0.4, -0.2) is 18.1 Å². The van der Waals surface area contributed by atoms with Crippen LogP contribution in [0, 0.1) is 5.92 Å². The summed E-state index contributed by atoms with van der Waals surface area (Å²) in [6.07, 6.45) is 3.89. The van der Waals surface area contributed by atoms with Crippen molar-refractivity contribution in [3.63, 3.8) is 0 Å². The SMILES string of the molecule is C[C@@H]1Oc2ccccc2O[C@H]1C(=O)N[C@@H](c1cccs1)C1CCCC1. The fourth-order valence-corrected chi connectivity index (χ4v) is 4.69. The number of rotatable bonds is 4. The van der Waals surface area contributed by atoms with Crippen molar-refractivity contribution in [2.75, 3.05) is 0 Å². The first-order valence-electron chi connectivity index (χ1n) is 8.98. The van der Waals surface area contributed by atoms with E-state index in [1.165, 1.54) is 30.6 Å². The molecule has 2 aromatic rings. The summed E-state index contributed by atoms with van der Waals surface area (Å²) in [6.45, 7) is 1.88. The number of para-hydroxylation sites is 2. The number of thiophene rings is 1. The van der Waals surface area contributed by atoms with Gasteiger partial charge in [-0.2, -0.15) is 0 Å². The van der Waals surface area contributed by atoms with E-state index in [1.807, 2.05) is 37.3 Å². The third-order valence-electron chi connectivity index (χ3n) is 5.12. The molecule has 0 unspecified atom stereocenters. The lowest BCUT2D eigenvalue weighted by Gasteiger charge is -2.33. The minimum atomic E-state index is -0.626. The van der Waals surface area contributed by atoms with Gasteiger partial charge in [0.05, 0.1) is 6.04 Å². The number of amides is 1. The number of carbonyl (C=O) groups excluding carboxylic acids is 1. The van der Waals surface area contributed by atoms with E-state index in [-0.39, 0.29) is 18.1 Å². The summed E-state index contributed by atoms with van der Waals surface area (Å²) in [4.78, 5) is 14.2. The monoisotopic (exact) mass is 357 g/mol. The normalized spacial score (nSPS) is 24.0. The molecule has 4 rings (SSSR count). The molecule has 4 nitrogen and oxygen atoms in total. The largest absolute Gasteiger partial charge is 0.482 e. The number of benzene rings is 1. The van der Waals surface area contributed by atoms with Crippen LogP contribution in [0.4, 0.5) is 0 Å². The van der Waals surface area contributed by atoms with Gasteiger partial charge in [-0.1, -0.05) is 31.0 Å². The van der Waals surface area contributed by atoms with E-state index in [1.54, 1.807) is 11.3 Å².